The number of hydrogen-bond donors (Lipinski definition) is 0. The van der Waals surface area contributed by atoms with E-state index in [-0.39, 0.29) is 25.4 Å². The van der Waals surface area contributed by atoms with E-state index in [1.165, 1.54) is 13.2 Å². The molecule has 1 saturated heterocycles. The minimum absolute atomic E-state index is 0. The Morgan fingerprint density at radius 1 is 1.41 bits per heavy atom. The smallest absolute Gasteiger partial charge is 0.310 e. The molecule has 0 spiro atoms. The molecule has 124 valence electrons. The number of halogens is 1. The van der Waals surface area contributed by atoms with Gasteiger partial charge in [-0.05, 0) is 6.42 Å². The standard InChI is InChI=1S/C14H19FN2O4.H2S/c1-19-5-6-21-11-7-12(15)16-13(8-11)17-4-3-10(9-17)14(18)20-2;/h7-8,10H,3-6,9H2,1-2H3;1H2/t10-;/m0./s1. The molecule has 2 rings (SSSR count). The molecule has 0 aromatic carbocycles. The molecule has 0 unspecified atom stereocenters. The van der Waals surface area contributed by atoms with Crippen molar-refractivity contribution in [2.75, 3.05) is 45.4 Å². The number of hydrogen-bond acceptors (Lipinski definition) is 6. The molecule has 1 atom stereocenters. The van der Waals surface area contributed by atoms with Crippen LogP contribution in [0.25, 0.3) is 0 Å². The van der Waals surface area contributed by atoms with Gasteiger partial charge in [0.25, 0.3) is 0 Å². The van der Waals surface area contributed by atoms with Crippen LogP contribution in [0.1, 0.15) is 6.42 Å². The number of carbonyl (C=O) groups is 1. The molecule has 1 aliphatic heterocycles. The largest absolute Gasteiger partial charge is 0.491 e. The molecule has 1 aliphatic rings. The SMILES string of the molecule is COCCOc1cc(F)nc(N2CC[C@H](C(=O)OC)C2)c1.S. The first-order valence-electron chi connectivity index (χ1n) is 6.76. The second-order valence-electron chi connectivity index (χ2n) is 4.78. The Morgan fingerprint density at radius 3 is 2.86 bits per heavy atom. The number of carbonyl (C=O) groups excluding carboxylic acids is 1. The summed E-state index contributed by atoms with van der Waals surface area (Å²) in [5.74, 6) is -0.185. The van der Waals surface area contributed by atoms with E-state index in [2.05, 4.69) is 4.98 Å². The third kappa shape index (κ3) is 4.74. The Bertz CT molecular complexity index is 504. The second-order valence-corrected chi connectivity index (χ2v) is 4.78. The van der Waals surface area contributed by atoms with Crippen LogP contribution in [0.2, 0.25) is 0 Å². The number of ether oxygens (including phenoxy) is 3. The molecule has 1 aromatic heterocycles. The van der Waals surface area contributed by atoms with Gasteiger partial charge in [0, 0.05) is 32.3 Å². The minimum atomic E-state index is -0.610. The van der Waals surface area contributed by atoms with E-state index >= 15 is 0 Å². The van der Waals surface area contributed by atoms with Crippen LogP contribution in [0.5, 0.6) is 5.75 Å². The predicted octanol–water partition coefficient (Wildman–Crippen LogP) is 1.36. The van der Waals surface area contributed by atoms with E-state index in [0.717, 1.165) is 0 Å². The van der Waals surface area contributed by atoms with Crippen molar-refractivity contribution in [1.29, 1.82) is 0 Å². The maximum absolute atomic E-state index is 13.6. The number of aromatic nitrogens is 1. The van der Waals surface area contributed by atoms with Gasteiger partial charge in [-0.25, -0.2) is 4.98 Å². The summed E-state index contributed by atoms with van der Waals surface area (Å²) in [4.78, 5) is 17.2. The molecule has 1 aromatic rings. The van der Waals surface area contributed by atoms with Crippen LogP contribution in [-0.4, -0.2) is 51.5 Å². The average Bonchev–Trinajstić information content (AvgIpc) is 2.96. The van der Waals surface area contributed by atoms with Gasteiger partial charge in [0.2, 0.25) is 5.95 Å². The summed E-state index contributed by atoms with van der Waals surface area (Å²) in [5.41, 5.74) is 0. The van der Waals surface area contributed by atoms with Crippen LogP contribution in [0.15, 0.2) is 12.1 Å². The summed E-state index contributed by atoms with van der Waals surface area (Å²) < 4.78 is 28.6. The highest BCUT2D eigenvalue weighted by atomic mass is 32.1. The Kier molecular flexibility index (Phi) is 7.40. The van der Waals surface area contributed by atoms with Crippen LogP contribution in [0.4, 0.5) is 10.2 Å². The molecule has 22 heavy (non-hydrogen) atoms. The topological polar surface area (TPSA) is 60.9 Å². The Labute approximate surface area is 136 Å². The van der Waals surface area contributed by atoms with Crippen molar-refractivity contribution in [3.63, 3.8) is 0 Å². The summed E-state index contributed by atoms with van der Waals surface area (Å²) >= 11 is 0. The first kappa shape index (κ1) is 18.5. The molecule has 0 amide bonds. The number of anilines is 1. The Balaban J connectivity index is 0.00000242. The lowest BCUT2D eigenvalue weighted by Crippen LogP contribution is -2.24. The third-order valence-electron chi connectivity index (χ3n) is 3.36. The lowest BCUT2D eigenvalue weighted by atomic mass is 10.1. The number of esters is 1. The lowest BCUT2D eigenvalue weighted by molar-refractivity contribution is -0.144. The monoisotopic (exact) mass is 332 g/mol. The molecule has 0 saturated carbocycles. The van der Waals surface area contributed by atoms with Gasteiger partial charge in [-0.15, -0.1) is 0 Å². The van der Waals surface area contributed by atoms with Gasteiger partial charge in [0.1, 0.15) is 18.2 Å². The summed E-state index contributed by atoms with van der Waals surface area (Å²) in [5, 5.41) is 0. The fourth-order valence-electron chi connectivity index (χ4n) is 2.28. The number of rotatable bonds is 6. The van der Waals surface area contributed by atoms with E-state index in [1.807, 2.05) is 4.90 Å². The molecule has 0 aliphatic carbocycles. The summed E-state index contributed by atoms with van der Waals surface area (Å²) in [6.07, 6.45) is 0.671. The number of pyridine rings is 1. The van der Waals surface area contributed by atoms with Gasteiger partial charge < -0.3 is 19.1 Å². The van der Waals surface area contributed by atoms with E-state index < -0.39 is 5.95 Å². The van der Waals surface area contributed by atoms with Gasteiger partial charge in [-0.3, -0.25) is 4.79 Å². The van der Waals surface area contributed by atoms with E-state index in [0.29, 0.717) is 44.3 Å². The van der Waals surface area contributed by atoms with Gasteiger partial charge in [0.05, 0.1) is 19.6 Å². The van der Waals surface area contributed by atoms with Gasteiger partial charge in [-0.1, -0.05) is 0 Å². The average molecular weight is 332 g/mol. The van der Waals surface area contributed by atoms with Crippen molar-refractivity contribution in [2.24, 2.45) is 5.92 Å². The van der Waals surface area contributed by atoms with Gasteiger partial charge in [-0.2, -0.15) is 17.9 Å². The maximum Gasteiger partial charge on any atom is 0.310 e. The van der Waals surface area contributed by atoms with Gasteiger partial charge >= 0.3 is 5.97 Å². The molecule has 0 N–H and O–H groups in total. The van der Waals surface area contributed by atoms with Crippen LogP contribution >= 0.6 is 13.5 Å². The number of nitrogens with zero attached hydrogens (tertiary/aromatic N) is 2. The van der Waals surface area contributed by atoms with Crippen LogP contribution in [-0.2, 0) is 14.3 Å². The molecule has 8 heteroatoms. The van der Waals surface area contributed by atoms with Crippen molar-refractivity contribution in [1.82, 2.24) is 4.98 Å². The quantitative estimate of drug-likeness (QED) is 0.445. The van der Waals surface area contributed by atoms with E-state index in [9.17, 15) is 9.18 Å². The van der Waals surface area contributed by atoms with Crippen molar-refractivity contribution < 1.29 is 23.4 Å². The van der Waals surface area contributed by atoms with Gasteiger partial charge in [0.15, 0.2) is 0 Å². The first-order valence-corrected chi connectivity index (χ1v) is 6.76. The minimum Gasteiger partial charge on any atom is -0.491 e. The predicted molar refractivity (Wildman–Crippen MR) is 84.3 cm³/mol. The van der Waals surface area contributed by atoms with Crippen molar-refractivity contribution in [3.8, 4) is 5.75 Å². The molecule has 6 nitrogen and oxygen atoms in total. The summed E-state index contributed by atoms with van der Waals surface area (Å²) in [7, 11) is 2.94. The second kappa shape index (κ2) is 8.79. The molecule has 0 radical (unpaired) electrons. The molecular formula is C14H21FN2O4S. The molecule has 1 fully saturated rings. The zero-order valence-corrected chi connectivity index (χ0v) is 13.7. The van der Waals surface area contributed by atoms with Crippen LogP contribution in [0, 0.1) is 11.9 Å². The maximum atomic E-state index is 13.6. The van der Waals surface area contributed by atoms with Crippen molar-refractivity contribution >= 4 is 25.3 Å². The van der Waals surface area contributed by atoms with Crippen molar-refractivity contribution in [2.45, 2.75) is 6.42 Å². The zero-order valence-electron chi connectivity index (χ0n) is 12.7. The van der Waals surface area contributed by atoms with Crippen LogP contribution in [0.3, 0.4) is 0 Å². The zero-order chi connectivity index (χ0) is 15.2. The van der Waals surface area contributed by atoms with Crippen molar-refractivity contribution in [3.05, 3.63) is 18.1 Å². The fraction of sp³-hybridized carbons (Fsp3) is 0.571. The number of methoxy groups -OCH3 is 2. The lowest BCUT2D eigenvalue weighted by Gasteiger charge is -2.18. The first-order chi connectivity index (χ1) is 10.1. The van der Waals surface area contributed by atoms with E-state index in [4.69, 9.17) is 14.2 Å². The summed E-state index contributed by atoms with van der Waals surface area (Å²) in [6.45, 7) is 1.87. The highest BCUT2D eigenvalue weighted by Gasteiger charge is 2.30. The van der Waals surface area contributed by atoms with Crippen LogP contribution < -0.4 is 9.64 Å². The third-order valence-corrected chi connectivity index (χ3v) is 3.36. The fourth-order valence-corrected chi connectivity index (χ4v) is 2.28. The van der Waals surface area contributed by atoms with E-state index in [1.54, 1.807) is 13.2 Å². The Morgan fingerprint density at radius 2 is 2.18 bits per heavy atom. The molecule has 0 bridgehead atoms. The molecular weight excluding hydrogens is 311 g/mol. The Hall–Kier alpha value is -1.54. The molecule has 2 heterocycles. The summed E-state index contributed by atoms with van der Waals surface area (Å²) in [6, 6.07) is 2.89. The highest BCUT2D eigenvalue weighted by Crippen LogP contribution is 2.26. The highest BCUT2D eigenvalue weighted by molar-refractivity contribution is 7.59. The normalized spacial score (nSPS) is 17.0.